The van der Waals surface area contributed by atoms with Crippen molar-refractivity contribution in [1.29, 1.82) is 0 Å². The van der Waals surface area contributed by atoms with Gasteiger partial charge in [0, 0.05) is 6.20 Å². The fraction of sp³-hybridized carbons (Fsp3) is 0.105. The fourth-order valence-electron chi connectivity index (χ4n) is 2.25. The molecule has 0 saturated carbocycles. The van der Waals surface area contributed by atoms with Crippen LogP contribution in [0.5, 0.6) is 5.75 Å². The molecule has 0 bridgehead atoms. The summed E-state index contributed by atoms with van der Waals surface area (Å²) in [7, 11) is 0. The molecule has 1 aromatic heterocycles. The van der Waals surface area contributed by atoms with Crippen LogP contribution in [0.25, 0.3) is 11.1 Å². The predicted molar refractivity (Wildman–Crippen MR) is 85.2 cm³/mol. The molecule has 1 heterocycles. The number of benzene rings is 2. The number of pyridine rings is 1. The molecule has 2 aromatic carbocycles. The van der Waals surface area contributed by atoms with Gasteiger partial charge in [0.2, 0.25) is 0 Å². The summed E-state index contributed by atoms with van der Waals surface area (Å²) in [6.07, 6.45) is 1.91. The molecule has 2 heteroatoms. The quantitative estimate of drug-likeness (QED) is 0.692. The first-order valence-corrected chi connectivity index (χ1v) is 7.02. The van der Waals surface area contributed by atoms with E-state index in [1.807, 2.05) is 42.6 Å². The van der Waals surface area contributed by atoms with E-state index in [0.717, 1.165) is 11.4 Å². The average molecular weight is 275 g/mol. The number of aryl methyl sites for hydroxylation is 1. The van der Waals surface area contributed by atoms with E-state index in [1.165, 1.54) is 16.7 Å². The number of hydrogen-bond acceptors (Lipinski definition) is 2. The summed E-state index contributed by atoms with van der Waals surface area (Å²) < 4.78 is 5.76. The second-order valence-corrected chi connectivity index (χ2v) is 4.96. The second kappa shape index (κ2) is 6.23. The van der Waals surface area contributed by atoms with Crippen molar-refractivity contribution in [3.8, 4) is 16.9 Å². The first-order valence-electron chi connectivity index (χ1n) is 7.02. The minimum atomic E-state index is 0.476. The highest BCUT2D eigenvalue weighted by Gasteiger charge is 2.05. The number of para-hydroxylation sites is 1. The number of nitrogens with zero attached hydrogens (tertiary/aromatic N) is 1. The van der Waals surface area contributed by atoms with Crippen LogP contribution < -0.4 is 4.74 Å². The van der Waals surface area contributed by atoms with Gasteiger partial charge < -0.3 is 4.74 Å². The molecule has 0 aliphatic carbocycles. The molecule has 0 spiro atoms. The third-order valence-corrected chi connectivity index (χ3v) is 3.37. The normalized spacial score (nSPS) is 10.3. The third kappa shape index (κ3) is 3.29. The van der Waals surface area contributed by atoms with Gasteiger partial charge in [-0.1, -0.05) is 48.5 Å². The summed E-state index contributed by atoms with van der Waals surface area (Å²) in [5.41, 5.74) is 4.52. The van der Waals surface area contributed by atoms with E-state index in [1.54, 1.807) is 0 Å². The monoisotopic (exact) mass is 275 g/mol. The van der Waals surface area contributed by atoms with Crippen LogP contribution in [-0.4, -0.2) is 4.98 Å². The van der Waals surface area contributed by atoms with E-state index >= 15 is 0 Å². The molecule has 0 saturated heterocycles. The van der Waals surface area contributed by atoms with Crippen molar-refractivity contribution < 1.29 is 4.74 Å². The Balaban J connectivity index is 1.81. The predicted octanol–water partition coefficient (Wildman–Crippen LogP) is 4.64. The smallest absolute Gasteiger partial charge is 0.130 e. The fourth-order valence-corrected chi connectivity index (χ4v) is 2.25. The van der Waals surface area contributed by atoms with Gasteiger partial charge in [0.1, 0.15) is 12.4 Å². The molecule has 0 aliphatic heterocycles. The van der Waals surface area contributed by atoms with Gasteiger partial charge in [-0.25, -0.2) is 0 Å². The van der Waals surface area contributed by atoms with Gasteiger partial charge in [-0.15, -0.1) is 0 Å². The van der Waals surface area contributed by atoms with E-state index in [2.05, 4.69) is 42.2 Å². The zero-order valence-electron chi connectivity index (χ0n) is 12.0. The van der Waals surface area contributed by atoms with Gasteiger partial charge in [-0.3, -0.25) is 4.98 Å². The number of rotatable bonds is 4. The van der Waals surface area contributed by atoms with Crippen molar-refractivity contribution >= 4 is 0 Å². The summed E-state index contributed by atoms with van der Waals surface area (Å²) >= 11 is 0. The molecule has 2 nitrogen and oxygen atoms in total. The second-order valence-electron chi connectivity index (χ2n) is 4.96. The van der Waals surface area contributed by atoms with Crippen LogP contribution in [0.15, 0.2) is 72.9 Å². The van der Waals surface area contributed by atoms with Crippen LogP contribution in [0.1, 0.15) is 11.3 Å². The SMILES string of the molecule is Cc1cnc(COc2ccccc2)cc1-c1ccccc1. The van der Waals surface area contributed by atoms with Gasteiger partial charge >= 0.3 is 0 Å². The van der Waals surface area contributed by atoms with Crippen LogP contribution in [0, 0.1) is 6.92 Å². The molecule has 0 radical (unpaired) electrons. The molecule has 0 unspecified atom stereocenters. The van der Waals surface area contributed by atoms with Gasteiger partial charge in [0.25, 0.3) is 0 Å². The van der Waals surface area contributed by atoms with Crippen molar-refractivity contribution in [3.05, 3.63) is 84.2 Å². The van der Waals surface area contributed by atoms with E-state index in [9.17, 15) is 0 Å². The Kier molecular flexibility index (Phi) is 3.97. The molecule has 0 fully saturated rings. The van der Waals surface area contributed by atoms with E-state index in [4.69, 9.17) is 4.74 Å². The highest BCUT2D eigenvalue weighted by molar-refractivity contribution is 5.66. The number of ether oxygens (including phenoxy) is 1. The first kappa shape index (κ1) is 13.4. The maximum absolute atomic E-state index is 5.76. The van der Waals surface area contributed by atoms with Gasteiger partial charge in [0.05, 0.1) is 5.69 Å². The molecular formula is C19H17NO. The van der Waals surface area contributed by atoms with E-state index in [0.29, 0.717) is 6.61 Å². The van der Waals surface area contributed by atoms with E-state index < -0.39 is 0 Å². The summed E-state index contributed by atoms with van der Waals surface area (Å²) in [6, 6.07) is 22.3. The Bertz CT molecular complexity index is 708. The Hall–Kier alpha value is -2.61. The molecule has 0 amide bonds. The summed E-state index contributed by atoms with van der Waals surface area (Å²) in [5, 5.41) is 0. The Labute approximate surface area is 125 Å². The lowest BCUT2D eigenvalue weighted by Crippen LogP contribution is -1.99. The van der Waals surface area contributed by atoms with Gasteiger partial charge in [0.15, 0.2) is 0 Å². The number of hydrogen-bond donors (Lipinski definition) is 0. The Morgan fingerprint density at radius 3 is 2.29 bits per heavy atom. The van der Waals surface area contributed by atoms with Crippen molar-refractivity contribution in [2.24, 2.45) is 0 Å². The summed E-state index contributed by atoms with van der Waals surface area (Å²) in [6.45, 7) is 2.56. The first-order chi connectivity index (χ1) is 10.3. The minimum absolute atomic E-state index is 0.476. The van der Waals surface area contributed by atoms with Crippen molar-refractivity contribution in [1.82, 2.24) is 4.98 Å². The lowest BCUT2D eigenvalue weighted by Gasteiger charge is -2.10. The maximum atomic E-state index is 5.76. The van der Waals surface area contributed by atoms with Gasteiger partial charge in [-0.2, -0.15) is 0 Å². The van der Waals surface area contributed by atoms with Gasteiger partial charge in [-0.05, 0) is 41.8 Å². The topological polar surface area (TPSA) is 22.1 Å². The van der Waals surface area contributed by atoms with E-state index in [-0.39, 0.29) is 0 Å². The minimum Gasteiger partial charge on any atom is -0.487 e. The molecule has 104 valence electrons. The zero-order chi connectivity index (χ0) is 14.5. The third-order valence-electron chi connectivity index (χ3n) is 3.37. The highest BCUT2D eigenvalue weighted by atomic mass is 16.5. The number of aromatic nitrogens is 1. The molecule has 0 aliphatic rings. The maximum Gasteiger partial charge on any atom is 0.130 e. The lowest BCUT2D eigenvalue weighted by atomic mass is 10.0. The van der Waals surface area contributed by atoms with Crippen LogP contribution in [0.3, 0.4) is 0 Å². The Morgan fingerprint density at radius 1 is 0.905 bits per heavy atom. The van der Waals surface area contributed by atoms with Crippen molar-refractivity contribution in [3.63, 3.8) is 0 Å². The molecule has 0 atom stereocenters. The van der Waals surface area contributed by atoms with Crippen LogP contribution >= 0.6 is 0 Å². The van der Waals surface area contributed by atoms with Crippen LogP contribution in [-0.2, 0) is 6.61 Å². The lowest BCUT2D eigenvalue weighted by molar-refractivity contribution is 0.301. The zero-order valence-corrected chi connectivity index (χ0v) is 12.0. The highest BCUT2D eigenvalue weighted by Crippen LogP contribution is 2.23. The van der Waals surface area contributed by atoms with Crippen LogP contribution in [0.4, 0.5) is 0 Å². The van der Waals surface area contributed by atoms with Crippen molar-refractivity contribution in [2.75, 3.05) is 0 Å². The molecule has 3 rings (SSSR count). The molecule has 3 aromatic rings. The molecular weight excluding hydrogens is 258 g/mol. The molecule has 0 N–H and O–H groups in total. The average Bonchev–Trinajstić information content (AvgIpc) is 2.56. The standard InChI is InChI=1S/C19H17NO/c1-15-13-20-17(14-21-18-10-6-3-7-11-18)12-19(15)16-8-4-2-5-9-16/h2-13H,14H2,1H3. The summed E-state index contributed by atoms with van der Waals surface area (Å²) in [5.74, 6) is 0.862. The summed E-state index contributed by atoms with van der Waals surface area (Å²) in [4.78, 5) is 4.45. The van der Waals surface area contributed by atoms with Crippen molar-refractivity contribution in [2.45, 2.75) is 13.5 Å². The molecule has 21 heavy (non-hydrogen) atoms. The Morgan fingerprint density at radius 2 is 1.57 bits per heavy atom. The van der Waals surface area contributed by atoms with Crippen LogP contribution in [0.2, 0.25) is 0 Å². The largest absolute Gasteiger partial charge is 0.487 e.